The Bertz CT molecular complexity index is 929. The molecule has 0 aromatic heterocycles. The van der Waals surface area contributed by atoms with Gasteiger partial charge in [-0.15, -0.1) is 0 Å². The molecule has 7 heteroatoms. The number of allylic oxidation sites excluding steroid dienone is 1. The van der Waals surface area contributed by atoms with Crippen molar-refractivity contribution in [2.75, 3.05) is 19.1 Å². The van der Waals surface area contributed by atoms with Gasteiger partial charge in [0.25, 0.3) is 0 Å². The predicted molar refractivity (Wildman–Crippen MR) is 105 cm³/mol. The number of hydrogen-bond donors (Lipinski definition) is 1. The highest BCUT2D eigenvalue weighted by atomic mass is 32.1. The van der Waals surface area contributed by atoms with Crippen molar-refractivity contribution in [2.45, 2.75) is 13.0 Å². The van der Waals surface area contributed by atoms with Gasteiger partial charge in [-0.2, -0.15) is 0 Å². The first-order valence-corrected chi connectivity index (χ1v) is 8.67. The van der Waals surface area contributed by atoms with Crippen molar-refractivity contribution in [1.82, 2.24) is 5.32 Å². The molecule has 2 aromatic carbocycles. The van der Waals surface area contributed by atoms with Crippen LogP contribution in [0.25, 0.3) is 0 Å². The van der Waals surface area contributed by atoms with Crippen LogP contribution in [-0.2, 0) is 9.53 Å². The summed E-state index contributed by atoms with van der Waals surface area (Å²) in [5, 5.41) is 3.51. The number of halogens is 1. The van der Waals surface area contributed by atoms with E-state index in [1.54, 1.807) is 31.1 Å². The van der Waals surface area contributed by atoms with Gasteiger partial charge in [-0.25, -0.2) is 9.18 Å². The summed E-state index contributed by atoms with van der Waals surface area (Å²) in [6, 6.07) is 12.8. The highest BCUT2D eigenvalue weighted by Gasteiger charge is 2.36. The van der Waals surface area contributed by atoms with E-state index in [0.29, 0.717) is 33.4 Å². The van der Waals surface area contributed by atoms with Crippen molar-refractivity contribution >= 4 is 29.0 Å². The highest BCUT2D eigenvalue weighted by molar-refractivity contribution is 7.80. The van der Waals surface area contributed by atoms with E-state index in [1.807, 2.05) is 24.3 Å². The number of esters is 1. The first-order chi connectivity index (χ1) is 13.0. The fourth-order valence-electron chi connectivity index (χ4n) is 3.16. The molecule has 1 atom stereocenters. The van der Waals surface area contributed by atoms with Gasteiger partial charge < -0.3 is 14.8 Å². The van der Waals surface area contributed by atoms with Crippen LogP contribution in [-0.4, -0.2) is 25.3 Å². The lowest BCUT2D eigenvalue weighted by Crippen LogP contribution is -2.48. The van der Waals surface area contributed by atoms with Crippen molar-refractivity contribution in [3.05, 3.63) is 71.2 Å². The second-order valence-electron chi connectivity index (χ2n) is 5.94. The Morgan fingerprint density at radius 3 is 2.59 bits per heavy atom. The van der Waals surface area contributed by atoms with Crippen molar-refractivity contribution in [1.29, 1.82) is 0 Å². The molecule has 0 bridgehead atoms. The molecule has 0 radical (unpaired) electrons. The minimum atomic E-state index is -0.619. The molecule has 5 nitrogen and oxygen atoms in total. The summed E-state index contributed by atoms with van der Waals surface area (Å²) < 4.78 is 24.2. The molecule has 0 saturated heterocycles. The molecular formula is C20H19FN2O3S. The summed E-state index contributed by atoms with van der Waals surface area (Å²) >= 11 is 5.56. The minimum absolute atomic E-state index is 0.350. The zero-order valence-corrected chi connectivity index (χ0v) is 16.0. The van der Waals surface area contributed by atoms with Gasteiger partial charge in [0.1, 0.15) is 11.6 Å². The minimum Gasteiger partial charge on any atom is -0.495 e. The smallest absolute Gasteiger partial charge is 0.337 e. The summed E-state index contributed by atoms with van der Waals surface area (Å²) in [6.45, 7) is 1.78. The highest BCUT2D eigenvalue weighted by Crippen LogP contribution is 2.37. The molecule has 0 fully saturated rings. The third kappa shape index (κ3) is 3.50. The first-order valence-electron chi connectivity index (χ1n) is 8.26. The maximum atomic E-state index is 13.7. The van der Waals surface area contributed by atoms with E-state index >= 15 is 0 Å². The number of anilines is 1. The second kappa shape index (κ2) is 7.75. The number of benzene rings is 2. The lowest BCUT2D eigenvalue weighted by atomic mass is 9.94. The number of carbonyl (C=O) groups is 1. The SMILES string of the molecule is COC(=O)C1=C(C)N(c2ccccc2OC)C(=S)N[C@H]1c1cccc(F)c1. The Hall–Kier alpha value is -2.93. The maximum Gasteiger partial charge on any atom is 0.337 e. The van der Waals surface area contributed by atoms with Crippen molar-refractivity contribution in [3.63, 3.8) is 0 Å². The van der Waals surface area contributed by atoms with Crippen LogP contribution in [0, 0.1) is 5.82 Å². The number of nitrogens with zero attached hydrogens (tertiary/aromatic N) is 1. The summed E-state index contributed by atoms with van der Waals surface area (Å²) in [6.07, 6.45) is 0. The van der Waals surface area contributed by atoms with Gasteiger partial charge in [0.05, 0.1) is 31.5 Å². The maximum absolute atomic E-state index is 13.7. The van der Waals surface area contributed by atoms with Crippen LogP contribution in [0.4, 0.5) is 10.1 Å². The molecule has 1 aliphatic rings. The molecule has 3 rings (SSSR count). The summed E-state index contributed by atoms with van der Waals surface area (Å²) in [7, 11) is 2.88. The quantitative estimate of drug-likeness (QED) is 0.639. The van der Waals surface area contributed by atoms with Crippen LogP contribution in [0.5, 0.6) is 5.75 Å². The van der Waals surface area contributed by atoms with Gasteiger partial charge in [0.15, 0.2) is 5.11 Å². The van der Waals surface area contributed by atoms with E-state index < -0.39 is 17.8 Å². The average molecular weight is 386 g/mol. The Morgan fingerprint density at radius 2 is 1.93 bits per heavy atom. The van der Waals surface area contributed by atoms with Crippen molar-refractivity contribution in [3.8, 4) is 5.75 Å². The third-order valence-electron chi connectivity index (χ3n) is 4.40. The molecule has 1 aliphatic heterocycles. The molecule has 0 unspecified atom stereocenters. The molecule has 0 spiro atoms. The predicted octanol–water partition coefficient (Wildman–Crippen LogP) is 3.72. The van der Waals surface area contributed by atoms with E-state index in [1.165, 1.54) is 19.2 Å². The number of carbonyl (C=O) groups excluding carboxylic acids is 1. The Morgan fingerprint density at radius 1 is 1.19 bits per heavy atom. The summed E-state index contributed by atoms with van der Waals surface area (Å²) in [4.78, 5) is 14.3. The number of ether oxygens (including phenoxy) is 2. The molecule has 27 heavy (non-hydrogen) atoms. The molecule has 0 saturated carbocycles. The third-order valence-corrected chi connectivity index (χ3v) is 4.70. The standard InChI is InChI=1S/C20H19FN2O3S/c1-12-17(19(24)26-3)18(13-7-6-8-14(21)11-13)22-20(27)23(12)15-9-4-5-10-16(15)25-2/h4-11,18H,1-3H3,(H,22,27)/t18-/m0/s1. The van der Waals surface area contributed by atoms with E-state index in [-0.39, 0.29) is 0 Å². The van der Waals surface area contributed by atoms with Crippen molar-refractivity contribution in [2.24, 2.45) is 0 Å². The van der Waals surface area contributed by atoms with Gasteiger partial charge in [-0.1, -0.05) is 24.3 Å². The van der Waals surface area contributed by atoms with Gasteiger partial charge >= 0.3 is 5.97 Å². The van der Waals surface area contributed by atoms with Gasteiger partial charge in [0.2, 0.25) is 0 Å². The zero-order chi connectivity index (χ0) is 19.6. The number of thiocarbonyl (C=S) groups is 1. The molecule has 140 valence electrons. The summed E-state index contributed by atoms with van der Waals surface area (Å²) in [5.41, 5.74) is 2.21. The fourth-order valence-corrected chi connectivity index (χ4v) is 3.51. The van der Waals surface area contributed by atoms with Gasteiger partial charge in [-0.05, 0) is 49.0 Å². The van der Waals surface area contributed by atoms with Crippen LogP contribution in [0.15, 0.2) is 59.8 Å². The Labute approximate surface area is 162 Å². The largest absolute Gasteiger partial charge is 0.495 e. The van der Waals surface area contributed by atoms with Gasteiger partial charge in [0, 0.05) is 5.70 Å². The molecule has 2 aromatic rings. The summed E-state index contributed by atoms with van der Waals surface area (Å²) in [5.74, 6) is -0.305. The molecule has 0 amide bonds. The molecule has 1 N–H and O–H groups in total. The second-order valence-corrected chi connectivity index (χ2v) is 6.32. The van der Waals surface area contributed by atoms with Crippen LogP contribution in [0.1, 0.15) is 18.5 Å². The first kappa shape index (κ1) is 18.8. The van der Waals surface area contributed by atoms with Crippen LogP contribution in [0.3, 0.4) is 0 Å². The van der Waals surface area contributed by atoms with Crippen LogP contribution >= 0.6 is 12.2 Å². The normalized spacial score (nSPS) is 16.8. The van der Waals surface area contributed by atoms with Crippen molar-refractivity contribution < 1.29 is 18.7 Å². The van der Waals surface area contributed by atoms with E-state index in [2.05, 4.69) is 5.32 Å². The van der Waals surface area contributed by atoms with Crippen LogP contribution < -0.4 is 15.0 Å². The Kier molecular flexibility index (Phi) is 5.41. The number of nitrogens with one attached hydrogen (secondary N) is 1. The zero-order valence-electron chi connectivity index (χ0n) is 15.2. The van der Waals surface area contributed by atoms with E-state index in [9.17, 15) is 9.18 Å². The van der Waals surface area contributed by atoms with E-state index in [4.69, 9.17) is 21.7 Å². The lowest BCUT2D eigenvalue weighted by molar-refractivity contribution is -0.136. The van der Waals surface area contributed by atoms with Gasteiger partial charge in [-0.3, -0.25) is 4.90 Å². The fraction of sp³-hybridized carbons (Fsp3) is 0.200. The lowest BCUT2D eigenvalue weighted by Gasteiger charge is -2.37. The number of para-hydroxylation sites is 2. The topological polar surface area (TPSA) is 50.8 Å². The van der Waals surface area contributed by atoms with E-state index in [0.717, 1.165) is 0 Å². The average Bonchev–Trinajstić information content (AvgIpc) is 2.67. The number of rotatable bonds is 4. The Balaban J connectivity index is 2.18. The molecular weight excluding hydrogens is 367 g/mol. The van der Waals surface area contributed by atoms with Crippen LogP contribution in [0.2, 0.25) is 0 Å². The number of methoxy groups -OCH3 is 2. The number of hydrogen-bond acceptors (Lipinski definition) is 4. The molecule has 0 aliphatic carbocycles. The monoisotopic (exact) mass is 386 g/mol. The molecule has 1 heterocycles.